The van der Waals surface area contributed by atoms with E-state index in [0.717, 1.165) is 18.2 Å². The van der Waals surface area contributed by atoms with Crippen molar-refractivity contribution in [1.82, 2.24) is 4.57 Å². The average Bonchev–Trinajstić information content (AvgIpc) is 2.84. The molecule has 0 fully saturated rings. The summed E-state index contributed by atoms with van der Waals surface area (Å²) >= 11 is 0. The maximum atomic E-state index is 13.2. The van der Waals surface area contributed by atoms with Gasteiger partial charge in [0.15, 0.2) is 0 Å². The third-order valence-electron chi connectivity index (χ3n) is 3.29. The number of para-hydroxylation sites is 1. The van der Waals surface area contributed by atoms with Crippen molar-refractivity contribution >= 4 is 0 Å². The Morgan fingerprint density at radius 1 is 0.481 bits per heavy atom. The molecule has 0 aliphatic carbocycles. The Morgan fingerprint density at radius 3 is 1.07 bits per heavy atom. The molecule has 0 N–H and O–H groups in total. The minimum absolute atomic E-state index is 0.519. The molecule has 0 saturated heterocycles. The normalized spacial score (nSPS) is 13.9. The fourth-order valence-electron chi connectivity index (χ4n) is 2.50. The minimum Gasteiger partial charge on any atom is -0.300 e. The van der Waals surface area contributed by atoms with Crippen LogP contribution in [-0.4, -0.2) is 4.57 Å². The molecule has 150 valence electrons. The summed E-state index contributed by atoms with van der Waals surface area (Å²) < 4.78 is 157. The van der Waals surface area contributed by atoms with Gasteiger partial charge in [0.2, 0.25) is 0 Å². The maximum absolute atomic E-state index is 13.2. The van der Waals surface area contributed by atoms with E-state index in [2.05, 4.69) is 0 Å². The van der Waals surface area contributed by atoms with E-state index in [9.17, 15) is 52.7 Å². The van der Waals surface area contributed by atoms with Gasteiger partial charge in [-0.2, -0.15) is 52.7 Å². The summed E-state index contributed by atoms with van der Waals surface area (Å²) in [7, 11) is 0. The lowest BCUT2D eigenvalue weighted by molar-refractivity contribution is -0.178. The monoisotopic (exact) mass is 415 g/mol. The zero-order chi connectivity index (χ0) is 21.0. The van der Waals surface area contributed by atoms with E-state index in [-0.39, 0.29) is 0 Å². The molecule has 0 amide bonds. The number of benzene rings is 1. The fraction of sp³-hybridized carbons (Fsp3) is 0.286. The van der Waals surface area contributed by atoms with Crippen molar-refractivity contribution in [2.75, 3.05) is 0 Å². The summed E-state index contributed by atoms with van der Waals surface area (Å²) in [5.74, 6) is 0. The minimum atomic E-state index is -6.37. The lowest BCUT2D eigenvalue weighted by atomic mass is 10.1. The van der Waals surface area contributed by atoms with E-state index in [4.69, 9.17) is 0 Å². The standard InChI is InChI=1S/C14H5F12N/c15-11(16,17)7-8(12(18,19)20)10(14(24,25)26)27(9(7)13(21,22)23)6-4-2-1-3-5-6/h1-5H. The smallest absolute Gasteiger partial charge is 0.300 e. The van der Waals surface area contributed by atoms with Gasteiger partial charge in [0, 0.05) is 5.69 Å². The molecule has 1 aromatic carbocycles. The molecular weight excluding hydrogens is 410 g/mol. The van der Waals surface area contributed by atoms with Gasteiger partial charge in [0.25, 0.3) is 0 Å². The molecular formula is C14H5F12N. The summed E-state index contributed by atoms with van der Waals surface area (Å²) in [6.07, 6.45) is -25.1. The van der Waals surface area contributed by atoms with Crippen LogP contribution >= 0.6 is 0 Å². The zero-order valence-corrected chi connectivity index (χ0v) is 12.4. The van der Waals surface area contributed by atoms with E-state index in [0.29, 0.717) is 12.1 Å². The first-order chi connectivity index (χ1) is 12.0. The quantitative estimate of drug-likeness (QED) is 0.466. The van der Waals surface area contributed by atoms with Crippen molar-refractivity contribution in [2.24, 2.45) is 0 Å². The highest BCUT2D eigenvalue weighted by Gasteiger charge is 2.59. The Hall–Kier alpha value is -2.34. The molecule has 0 saturated carbocycles. The van der Waals surface area contributed by atoms with Gasteiger partial charge in [-0.15, -0.1) is 0 Å². The van der Waals surface area contributed by atoms with Gasteiger partial charge in [-0.3, -0.25) is 0 Å². The van der Waals surface area contributed by atoms with Gasteiger partial charge >= 0.3 is 24.7 Å². The molecule has 0 atom stereocenters. The fourth-order valence-corrected chi connectivity index (χ4v) is 2.50. The predicted molar refractivity (Wildman–Crippen MR) is 65.8 cm³/mol. The molecule has 1 heterocycles. The van der Waals surface area contributed by atoms with Crippen LogP contribution in [0, 0.1) is 0 Å². The number of rotatable bonds is 1. The summed E-state index contributed by atoms with van der Waals surface area (Å²) in [6, 6.07) is 3.85. The van der Waals surface area contributed by atoms with Crippen molar-refractivity contribution < 1.29 is 52.7 Å². The van der Waals surface area contributed by atoms with E-state index in [1.165, 1.54) is 0 Å². The van der Waals surface area contributed by atoms with Crippen molar-refractivity contribution in [3.05, 3.63) is 52.8 Å². The summed E-state index contributed by atoms with van der Waals surface area (Å²) in [4.78, 5) is 0. The molecule has 1 aromatic heterocycles. The number of hydrogen-bond donors (Lipinski definition) is 0. The van der Waals surface area contributed by atoms with Crippen LogP contribution in [0.2, 0.25) is 0 Å². The molecule has 0 unspecified atom stereocenters. The highest BCUT2D eigenvalue weighted by Crippen LogP contribution is 2.53. The Bertz CT molecular complexity index is 768. The molecule has 0 aliphatic rings. The van der Waals surface area contributed by atoms with Gasteiger partial charge in [-0.05, 0) is 12.1 Å². The molecule has 0 bridgehead atoms. The molecule has 27 heavy (non-hydrogen) atoms. The van der Waals surface area contributed by atoms with Crippen LogP contribution in [0.5, 0.6) is 0 Å². The van der Waals surface area contributed by atoms with Crippen LogP contribution in [0.25, 0.3) is 5.69 Å². The molecule has 2 aromatic rings. The summed E-state index contributed by atoms with van der Waals surface area (Å²) in [5.41, 5.74) is -14.3. The van der Waals surface area contributed by atoms with Gasteiger partial charge in [0.05, 0.1) is 11.1 Å². The van der Waals surface area contributed by atoms with Gasteiger partial charge in [0.1, 0.15) is 11.4 Å². The van der Waals surface area contributed by atoms with Crippen LogP contribution in [0.1, 0.15) is 22.5 Å². The SMILES string of the molecule is FC(F)(F)c1c(C(F)(F)F)c(C(F)(F)F)n(-c2ccccc2)c1C(F)(F)F. The second kappa shape index (κ2) is 6.09. The predicted octanol–water partition coefficient (Wildman–Crippen LogP) is 6.55. The second-order valence-corrected chi connectivity index (χ2v) is 5.11. The average molecular weight is 415 g/mol. The molecule has 0 radical (unpaired) electrons. The van der Waals surface area contributed by atoms with Gasteiger partial charge in [-0.1, -0.05) is 18.2 Å². The topological polar surface area (TPSA) is 4.93 Å². The number of nitrogens with zero attached hydrogens (tertiary/aromatic N) is 1. The number of alkyl halides is 12. The van der Waals surface area contributed by atoms with Gasteiger partial charge < -0.3 is 4.57 Å². The van der Waals surface area contributed by atoms with E-state index in [1.807, 2.05) is 0 Å². The van der Waals surface area contributed by atoms with Crippen LogP contribution in [0.15, 0.2) is 30.3 Å². The zero-order valence-electron chi connectivity index (χ0n) is 12.4. The third-order valence-corrected chi connectivity index (χ3v) is 3.29. The molecule has 0 aliphatic heterocycles. The summed E-state index contributed by atoms with van der Waals surface area (Å²) in [6.45, 7) is 0. The maximum Gasteiger partial charge on any atom is 0.432 e. The van der Waals surface area contributed by atoms with Crippen molar-refractivity contribution in [3.8, 4) is 5.69 Å². The lowest BCUT2D eigenvalue weighted by Crippen LogP contribution is -2.21. The van der Waals surface area contributed by atoms with Crippen LogP contribution in [0.3, 0.4) is 0 Å². The van der Waals surface area contributed by atoms with Crippen molar-refractivity contribution in [1.29, 1.82) is 0 Å². The third kappa shape index (κ3) is 3.86. The largest absolute Gasteiger partial charge is 0.432 e. The van der Waals surface area contributed by atoms with Crippen LogP contribution < -0.4 is 0 Å². The van der Waals surface area contributed by atoms with Crippen molar-refractivity contribution in [3.63, 3.8) is 0 Å². The molecule has 1 nitrogen and oxygen atoms in total. The molecule has 13 heteroatoms. The number of hydrogen-bond acceptors (Lipinski definition) is 0. The first-order valence-electron chi connectivity index (χ1n) is 6.60. The van der Waals surface area contributed by atoms with Crippen LogP contribution in [-0.2, 0) is 24.7 Å². The summed E-state index contributed by atoms with van der Waals surface area (Å²) in [5, 5.41) is 0. The Balaban J connectivity index is 3.23. The number of aromatic nitrogens is 1. The highest BCUT2D eigenvalue weighted by atomic mass is 19.4. The van der Waals surface area contributed by atoms with E-state index >= 15 is 0 Å². The van der Waals surface area contributed by atoms with Crippen molar-refractivity contribution in [2.45, 2.75) is 24.7 Å². The Kier molecular flexibility index (Phi) is 4.73. The van der Waals surface area contributed by atoms with Crippen LogP contribution in [0.4, 0.5) is 52.7 Å². The van der Waals surface area contributed by atoms with E-state index < -0.39 is 57.5 Å². The second-order valence-electron chi connectivity index (χ2n) is 5.11. The van der Waals surface area contributed by atoms with Gasteiger partial charge in [-0.25, -0.2) is 0 Å². The Morgan fingerprint density at radius 2 is 0.815 bits per heavy atom. The Labute approximate surface area is 141 Å². The number of halogens is 12. The van der Waals surface area contributed by atoms with E-state index in [1.54, 1.807) is 0 Å². The lowest BCUT2D eigenvalue weighted by Gasteiger charge is -2.18. The molecule has 0 spiro atoms. The first kappa shape index (κ1) is 21.0. The first-order valence-corrected chi connectivity index (χ1v) is 6.60. The highest BCUT2D eigenvalue weighted by molar-refractivity contribution is 5.52. The molecule has 2 rings (SSSR count).